The SMILES string of the molecule is CCCC[C@H](CC)C(=O)N1CCN(c2nc3nccc(-c4cc(Cl)ccc4Cl)n3n2)CC1. The number of nitrogens with zero attached hydrogens (tertiary/aromatic N) is 6. The van der Waals surface area contributed by atoms with Crippen LogP contribution in [0.1, 0.15) is 39.5 Å². The molecule has 1 aromatic carbocycles. The number of rotatable bonds is 7. The van der Waals surface area contributed by atoms with Gasteiger partial charge in [0, 0.05) is 48.9 Å². The van der Waals surface area contributed by atoms with E-state index in [2.05, 4.69) is 28.7 Å². The van der Waals surface area contributed by atoms with E-state index in [-0.39, 0.29) is 11.8 Å². The Morgan fingerprint density at radius 3 is 2.62 bits per heavy atom. The maximum absolute atomic E-state index is 12.9. The third kappa shape index (κ3) is 4.69. The number of carbonyl (C=O) groups is 1. The highest BCUT2D eigenvalue weighted by atomic mass is 35.5. The molecule has 3 aromatic rings. The Kier molecular flexibility index (Phi) is 7.16. The van der Waals surface area contributed by atoms with E-state index in [0.717, 1.165) is 36.9 Å². The first kappa shape index (κ1) is 22.8. The molecule has 2 aromatic heterocycles. The number of aromatic nitrogens is 4. The monoisotopic (exact) mass is 474 g/mol. The fourth-order valence-electron chi connectivity index (χ4n) is 4.15. The lowest BCUT2D eigenvalue weighted by molar-refractivity contribution is -0.136. The number of amides is 1. The third-order valence-corrected chi connectivity index (χ3v) is 6.62. The molecule has 0 saturated carbocycles. The van der Waals surface area contributed by atoms with Crippen molar-refractivity contribution in [1.82, 2.24) is 24.5 Å². The van der Waals surface area contributed by atoms with Gasteiger partial charge in [-0.05, 0) is 37.1 Å². The average Bonchev–Trinajstić information content (AvgIpc) is 3.26. The van der Waals surface area contributed by atoms with Gasteiger partial charge < -0.3 is 9.80 Å². The van der Waals surface area contributed by atoms with Crippen molar-refractivity contribution in [2.24, 2.45) is 5.92 Å². The predicted molar refractivity (Wildman–Crippen MR) is 128 cm³/mol. The van der Waals surface area contributed by atoms with Gasteiger partial charge in [0.25, 0.3) is 5.78 Å². The van der Waals surface area contributed by atoms with Gasteiger partial charge in [0.15, 0.2) is 0 Å². The molecule has 0 N–H and O–H groups in total. The number of hydrogen-bond acceptors (Lipinski definition) is 5. The summed E-state index contributed by atoms with van der Waals surface area (Å²) in [4.78, 5) is 26.0. The van der Waals surface area contributed by atoms with Crippen LogP contribution < -0.4 is 4.90 Å². The quantitative estimate of drug-likeness (QED) is 0.483. The highest BCUT2D eigenvalue weighted by molar-refractivity contribution is 6.35. The van der Waals surface area contributed by atoms with E-state index in [0.29, 0.717) is 48.0 Å². The van der Waals surface area contributed by atoms with E-state index in [1.54, 1.807) is 22.8 Å². The summed E-state index contributed by atoms with van der Waals surface area (Å²) < 4.78 is 1.70. The van der Waals surface area contributed by atoms with Gasteiger partial charge in [0.2, 0.25) is 11.9 Å². The number of piperazine rings is 1. The van der Waals surface area contributed by atoms with Crippen LogP contribution >= 0.6 is 23.2 Å². The molecule has 0 bridgehead atoms. The van der Waals surface area contributed by atoms with Gasteiger partial charge in [0.05, 0.1) is 10.7 Å². The Hall–Kier alpha value is -2.38. The molecular formula is C23H28Cl2N6O. The Morgan fingerprint density at radius 2 is 1.91 bits per heavy atom. The zero-order valence-corrected chi connectivity index (χ0v) is 20.0. The van der Waals surface area contributed by atoms with E-state index in [1.807, 2.05) is 17.0 Å². The number of hydrogen-bond donors (Lipinski definition) is 0. The van der Waals surface area contributed by atoms with Crippen molar-refractivity contribution in [3.63, 3.8) is 0 Å². The minimum absolute atomic E-state index is 0.129. The second-order valence-electron chi connectivity index (χ2n) is 8.14. The first-order valence-electron chi connectivity index (χ1n) is 11.2. The van der Waals surface area contributed by atoms with E-state index in [4.69, 9.17) is 28.3 Å². The largest absolute Gasteiger partial charge is 0.339 e. The smallest absolute Gasteiger partial charge is 0.254 e. The topological polar surface area (TPSA) is 66.6 Å². The maximum Gasteiger partial charge on any atom is 0.254 e. The average molecular weight is 475 g/mol. The van der Waals surface area contributed by atoms with Crippen LogP contribution in [0, 0.1) is 5.92 Å². The Bertz CT molecular complexity index is 1090. The Balaban J connectivity index is 1.51. The predicted octanol–water partition coefficient (Wildman–Crippen LogP) is 4.96. The van der Waals surface area contributed by atoms with Crippen LogP contribution in [0.5, 0.6) is 0 Å². The van der Waals surface area contributed by atoms with Crippen LogP contribution in [0.15, 0.2) is 30.5 Å². The molecule has 1 amide bonds. The summed E-state index contributed by atoms with van der Waals surface area (Å²) in [6.45, 7) is 7.01. The van der Waals surface area contributed by atoms with Crippen LogP contribution in [-0.4, -0.2) is 56.6 Å². The summed E-state index contributed by atoms with van der Waals surface area (Å²) in [6.07, 6.45) is 5.78. The fourth-order valence-corrected chi connectivity index (χ4v) is 4.54. The number of anilines is 1. The zero-order valence-electron chi connectivity index (χ0n) is 18.5. The molecule has 0 spiro atoms. The van der Waals surface area contributed by atoms with Gasteiger partial charge in [-0.3, -0.25) is 4.79 Å². The van der Waals surface area contributed by atoms with Crippen molar-refractivity contribution in [1.29, 1.82) is 0 Å². The van der Waals surface area contributed by atoms with Crippen LogP contribution in [-0.2, 0) is 4.79 Å². The number of unbranched alkanes of at least 4 members (excludes halogenated alkanes) is 1. The molecule has 0 radical (unpaired) electrons. The maximum atomic E-state index is 12.9. The van der Waals surface area contributed by atoms with Gasteiger partial charge in [-0.25, -0.2) is 4.98 Å². The molecule has 1 aliphatic rings. The standard InChI is InChI=1S/C23H28Cl2N6O/c1-3-5-6-16(4-2)21(32)29-11-13-30(14-12-29)23-27-22-26-10-9-20(31(22)28-23)18-15-17(24)7-8-19(18)25/h7-10,15-16H,3-6,11-14H2,1-2H3/t16-/m0/s1. The van der Waals surface area contributed by atoms with Crippen molar-refractivity contribution in [3.05, 3.63) is 40.5 Å². The molecule has 0 aliphatic carbocycles. The van der Waals surface area contributed by atoms with Crippen molar-refractivity contribution < 1.29 is 4.79 Å². The molecular weight excluding hydrogens is 447 g/mol. The lowest BCUT2D eigenvalue weighted by atomic mass is 9.97. The van der Waals surface area contributed by atoms with Crippen LogP contribution in [0.25, 0.3) is 17.0 Å². The first-order valence-corrected chi connectivity index (χ1v) is 12.0. The van der Waals surface area contributed by atoms with Gasteiger partial charge in [-0.1, -0.05) is 49.9 Å². The number of carbonyl (C=O) groups excluding carboxylic acids is 1. The number of fused-ring (bicyclic) bond motifs is 1. The molecule has 1 fully saturated rings. The van der Waals surface area contributed by atoms with Gasteiger partial charge >= 0.3 is 0 Å². The molecule has 3 heterocycles. The van der Waals surface area contributed by atoms with Crippen molar-refractivity contribution in [2.75, 3.05) is 31.1 Å². The van der Waals surface area contributed by atoms with E-state index < -0.39 is 0 Å². The highest BCUT2D eigenvalue weighted by Gasteiger charge is 2.27. The fraction of sp³-hybridized carbons (Fsp3) is 0.478. The molecule has 32 heavy (non-hydrogen) atoms. The van der Waals surface area contributed by atoms with Gasteiger partial charge in [-0.2, -0.15) is 9.50 Å². The lowest BCUT2D eigenvalue weighted by Gasteiger charge is -2.35. The molecule has 4 rings (SSSR count). The number of benzene rings is 1. The van der Waals surface area contributed by atoms with Crippen LogP contribution in [0.4, 0.5) is 5.95 Å². The highest BCUT2D eigenvalue weighted by Crippen LogP contribution is 2.30. The lowest BCUT2D eigenvalue weighted by Crippen LogP contribution is -2.50. The summed E-state index contributed by atoms with van der Waals surface area (Å²) >= 11 is 12.6. The van der Waals surface area contributed by atoms with Gasteiger partial charge in [-0.15, -0.1) is 5.10 Å². The minimum Gasteiger partial charge on any atom is -0.339 e. The second-order valence-corrected chi connectivity index (χ2v) is 8.98. The molecule has 1 atom stereocenters. The van der Waals surface area contributed by atoms with Crippen molar-refractivity contribution in [2.45, 2.75) is 39.5 Å². The van der Waals surface area contributed by atoms with Crippen LogP contribution in [0.2, 0.25) is 10.0 Å². The molecule has 1 aliphatic heterocycles. The summed E-state index contributed by atoms with van der Waals surface area (Å²) in [6, 6.07) is 7.18. The molecule has 170 valence electrons. The number of halogens is 2. The molecule has 9 heteroatoms. The minimum atomic E-state index is 0.129. The summed E-state index contributed by atoms with van der Waals surface area (Å²) in [5.74, 6) is 1.51. The molecule has 1 saturated heterocycles. The first-order chi connectivity index (χ1) is 15.5. The normalized spacial score (nSPS) is 15.4. The summed E-state index contributed by atoms with van der Waals surface area (Å²) in [5, 5.41) is 5.89. The van der Waals surface area contributed by atoms with E-state index >= 15 is 0 Å². The van der Waals surface area contributed by atoms with Crippen molar-refractivity contribution in [3.8, 4) is 11.3 Å². The van der Waals surface area contributed by atoms with Gasteiger partial charge in [0.1, 0.15) is 0 Å². The Morgan fingerprint density at radius 1 is 1.12 bits per heavy atom. The zero-order chi connectivity index (χ0) is 22.7. The van der Waals surface area contributed by atoms with Crippen LogP contribution in [0.3, 0.4) is 0 Å². The third-order valence-electron chi connectivity index (χ3n) is 6.06. The Labute approximate surface area is 198 Å². The molecule has 0 unspecified atom stereocenters. The van der Waals surface area contributed by atoms with E-state index in [9.17, 15) is 4.79 Å². The second kappa shape index (κ2) is 10.0. The summed E-state index contributed by atoms with van der Waals surface area (Å²) in [5.41, 5.74) is 1.55. The van der Waals surface area contributed by atoms with Crippen molar-refractivity contribution >= 4 is 40.8 Å². The van der Waals surface area contributed by atoms with E-state index in [1.165, 1.54) is 0 Å². The summed E-state index contributed by atoms with van der Waals surface area (Å²) in [7, 11) is 0. The molecule has 7 nitrogen and oxygen atoms in total.